The molecule has 0 aliphatic heterocycles. The van der Waals surface area contributed by atoms with Crippen molar-refractivity contribution in [2.45, 2.75) is 6.42 Å². The number of alkyl halides is 1. The summed E-state index contributed by atoms with van der Waals surface area (Å²) in [5.74, 6) is -1.30. The van der Waals surface area contributed by atoms with Crippen LogP contribution in [0.1, 0.15) is 21.6 Å². The zero-order valence-corrected chi connectivity index (χ0v) is 7.58. The number of nitrogens with one attached hydrogen (secondary N) is 1. The number of nitrogens with zero attached hydrogens (tertiary/aromatic N) is 1. The van der Waals surface area contributed by atoms with Crippen molar-refractivity contribution in [3.63, 3.8) is 0 Å². The molecule has 0 aliphatic carbocycles. The standard InChI is InChI=1S/C9H7FN2O3/c10-2-1-7-6(9(14)15)3-5(4-11)8(13)12-7/h3H,1-2H2,(H,12,13)(H,14,15). The molecule has 1 aromatic rings. The topological polar surface area (TPSA) is 93.9 Å². The van der Waals surface area contributed by atoms with Gasteiger partial charge in [0, 0.05) is 12.1 Å². The number of carboxylic acids is 1. The number of carboxylic acid groups (broad SMARTS) is 1. The normalized spacial score (nSPS) is 9.60. The van der Waals surface area contributed by atoms with Crippen molar-refractivity contribution in [1.29, 1.82) is 5.26 Å². The zero-order chi connectivity index (χ0) is 11.4. The minimum Gasteiger partial charge on any atom is -0.478 e. The molecular weight excluding hydrogens is 203 g/mol. The Balaban J connectivity index is 3.40. The zero-order valence-electron chi connectivity index (χ0n) is 7.58. The number of rotatable bonds is 3. The van der Waals surface area contributed by atoms with E-state index in [0.717, 1.165) is 6.07 Å². The first-order chi connectivity index (χ1) is 7.10. The predicted molar refractivity (Wildman–Crippen MR) is 48.4 cm³/mol. The van der Waals surface area contributed by atoms with Gasteiger partial charge >= 0.3 is 5.97 Å². The number of hydrogen-bond acceptors (Lipinski definition) is 3. The van der Waals surface area contributed by atoms with E-state index in [1.165, 1.54) is 0 Å². The number of aromatic nitrogens is 1. The Kier molecular flexibility index (Phi) is 3.18. The van der Waals surface area contributed by atoms with Crippen molar-refractivity contribution in [2.75, 3.05) is 6.67 Å². The molecule has 78 valence electrons. The molecule has 0 unspecified atom stereocenters. The summed E-state index contributed by atoms with van der Waals surface area (Å²) in [6.07, 6.45) is -0.192. The summed E-state index contributed by atoms with van der Waals surface area (Å²) in [6, 6.07) is 2.51. The van der Waals surface area contributed by atoms with E-state index in [1.807, 2.05) is 0 Å². The summed E-state index contributed by atoms with van der Waals surface area (Å²) < 4.78 is 12.1. The minimum atomic E-state index is -1.30. The molecule has 0 aromatic carbocycles. The van der Waals surface area contributed by atoms with Crippen LogP contribution in [0.2, 0.25) is 0 Å². The molecule has 2 N–H and O–H groups in total. The lowest BCUT2D eigenvalue weighted by Crippen LogP contribution is -2.17. The van der Waals surface area contributed by atoms with Crippen molar-refractivity contribution in [1.82, 2.24) is 4.98 Å². The van der Waals surface area contributed by atoms with Gasteiger partial charge in [-0.1, -0.05) is 0 Å². The molecule has 1 heterocycles. The van der Waals surface area contributed by atoms with Gasteiger partial charge in [-0.05, 0) is 6.07 Å². The highest BCUT2D eigenvalue weighted by Crippen LogP contribution is 2.06. The van der Waals surface area contributed by atoms with Gasteiger partial charge in [0.25, 0.3) is 5.56 Å². The number of halogens is 1. The third kappa shape index (κ3) is 2.20. The van der Waals surface area contributed by atoms with E-state index in [4.69, 9.17) is 10.4 Å². The maximum Gasteiger partial charge on any atom is 0.337 e. The van der Waals surface area contributed by atoms with E-state index >= 15 is 0 Å². The Labute approximate surface area is 83.8 Å². The van der Waals surface area contributed by atoms with E-state index in [2.05, 4.69) is 4.98 Å². The molecule has 5 nitrogen and oxygen atoms in total. The predicted octanol–water partition coefficient (Wildman–Crippen LogP) is 0.457. The lowest BCUT2D eigenvalue weighted by molar-refractivity contribution is 0.0695. The molecule has 0 atom stereocenters. The first-order valence-corrected chi connectivity index (χ1v) is 4.05. The monoisotopic (exact) mass is 210 g/mol. The van der Waals surface area contributed by atoms with Gasteiger partial charge in [0.05, 0.1) is 12.2 Å². The van der Waals surface area contributed by atoms with Gasteiger partial charge in [0.1, 0.15) is 11.6 Å². The second-order valence-electron chi connectivity index (χ2n) is 2.76. The number of hydrogen-bond donors (Lipinski definition) is 2. The average Bonchev–Trinajstić information content (AvgIpc) is 2.18. The fourth-order valence-electron chi connectivity index (χ4n) is 1.13. The third-order valence-electron chi connectivity index (χ3n) is 1.82. The molecule has 15 heavy (non-hydrogen) atoms. The van der Waals surface area contributed by atoms with E-state index in [9.17, 15) is 14.0 Å². The van der Waals surface area contributed by atoms with Gasteiger partial charge in [-0.15, -0.1) is 0 Å². The maximum absolute atomic E-state index is 12.1. The van der Waals surface area contributed by atoms with Crippen molar-refractivity contribution < 1.29 is 14.3 Å². The quantitative estimate of drug-likeness (QED) is 0.757. The minimum absolute atomic E-state index is 0.00556. The molecular formula is C9H7FN2O3. The van der Waals surface area contributed by atoms with Crippen LogP contribution in [0.4, 0.5) is 4.39 Å². The molecule has 6 heteroatoms. The molecule has 0 amide bonds. The summed E-state index contributed by atoms with van der Waals surface area (Å²) in [7, 11) is 0. The Morgan fingerprint density at radius 3 is 2.80 bits per heavy atom. The smallest absolute Gasteiger partial charge is 0.337 e. The summed E-state index contributed by atoms with van der Waals surface area (Å²) >= 11 is 0. The Morgan fingerprint density at radius 1 is 1.67 bits per heavy atom. The molecule has 0 fully saturated rings. The van der Waals surface area contributed by atoms with Crippen LogP contribution >= 0.6 is 0 Å². The first-order valence-electron chi connectivity index (χ1n) is 4.05. The number of aromatic carboxylic acids is 1. The summed E-state index contributed by atoms with van der Waals surface area (Å²) in [4.78, 5) is 24.0. The van der Waals surface area contributed by atoms with E-state index in [1.54, 1.807) is 6.07 Å². The third-order valence-corrected chi connectivity index (χ3v) is 1.82. The number of carbonyl (C=O) groups is 1. The molecule has 0 aliphatic rings. The summed E-state index contributed by atoms with van der Waals surface area (Å²) in [6.45, 7) is -0.776. The highest BCUT2D eigenvalue weighted by molar-refractivity contribution is 5.89. The van der Waals surface area contributed by atoms with Crippen molar-refractivity contribution in [3.8, 4) is 6.07 Å². The maximum atomic E-state index is 12.1. The molecule has 1 aromatic heterocycles. The van der Waals surface area contributed by atoms with Crippen LogP contribution in [0.15, 0.2) is 10.9 Å². The van der Waals surface area contributed by atoms with Crippen LogP contribution in [0.3, 0.4) is 0 Å². The highest BCUT2D eigenvalue weighted by atomic mass is 19.1. The van der Waals surface area contributed by atoms with Crippen molar-refractivity contribution in [3.05, 3.63) is 33.2 Å². The second kappa shape index (κ2) is 4.37. The summed E-state index contributed by atoms with van der Waals surface area (Å²) in [5, 5.41) is 17.3. The highest BCUT2D eigenvalue weighted by Gasteiger charge is 2.13. The summed E-state index contributed by atoms with van der Waals surface area (Å²) in [5.41, 5.74) is -1.25. The first kappa shape index (κ1) is 10.9. The fraction of sp³-hybridized carbons (Fsp3) is 0.222. The lowest BCUT2D eigenvalue weighted by Gasteiger charge is -2.03. The van der Waals surface area contributed by atoms with Gasteiger partial charge < -0.3 is 10.1 Å². The van der Waals surface area contributed by atoms with Gasteiger partial charge in [-0.3, -0.25) is 9.18 Å². The molecule has 0 bridgehead atoms. The van der Waals surface area contributed by atoms with Gasteiger partial charge in [0.15, 0.2) is 0 Å². The largest absolute Gasteiger partial charge is 0.478 e. The molecule has 0 saturated heterocycles. The second-order valence-corrected chi connectivity index (χ2v) is 2.76. The molecule has 0 radical (unpaired) electrons. The Hall–Kier alpha value is -2.16. The van der Waals surface area contributed by atoms with Crippen LogP contribution < -0.4 is 5.56 Å². The Bertz CT molecular complexity index is 487. The number of H-pyrrole nitrogens is 1. The van der Waals surface area contributed by atoms with Gasteiger partial charge in [0.2, 0.25) is 0 Å². The van der Waals surface area contributed by atoms with Gasteiger partial charge in [-0.25, -0.2) is 4.79 Å². The molecule has 1 rings (SSSR count). The fourth-order valence-corrected chi connectivity index (χ4v) is 1.13. The average molecular weight is 210 g/mol. The van der Waals surface area contributed by atoms with E-state index in [0.29, 0.717) is 0 Å². The number of aryl methyl sites for hydroxylation is 1. The van der Waals surface area contributed by atoms with Crippen molar-refractivity contribution in [2.24, 2.45) is 0 Å². The molecule has 0 spiro atoms. The van der Waals surface area contributed by atoms with Gasteiger partial charge in [-0.2, -0.15) is 5.26 Å². The van der Waals surface area contributed by atoms with Crippen LogP contribution in [0.25, 0.3) is 0 Å². The lowest BCUT2D eigenvalue weighted by atomic mass is 10.1. The van der Waals surface area contributed by atoms with Crippen LogP contribution in [0, 0.1) is 11.3 Å². The number of aromatic amines is 1. The molecule has 0 saturated carbocycles. The van der Waals surface area contributed by atoms with Crippen LogP contribution in [0.5, 0.6) is 0 Å². The van der Waals surface area contributed by atoms with Crippen LogP contribution in [-0.4, -0.2) is 22.7 Å². The number of nitriles is 1. The van der Waals surface area contributed by atoms with Crippen LogP contribution in [-0.2, 0) is 6.42 Å². The van der Waals surface area contributed by atoms with E-state index in [-0.39, 0.29) is 23.2 Å². The van der Waals surface area contributed by atoms with E-state index < -0.39 is 18.2 Å². The number of pyridine rings is 1. The SMILES string of the molecule is N#Cc1cc(C(=O)O)c(CCF)[nH]c1=O. The Morgan fingerprint density at radius 2 is 2.33 bits per heavy atom. The van der Waals surface area contributed by atoms with Crippen molar-refractivity contribution >= 4 is 5.97 Å².